The molecule has 0 aromatic heterocycles. The number of carbonyl (C=O) groups excluding carboxylic acids is 1. The highest BCUT2D eigenvalue weighted by molar-refractivity contribution is 6.30. The number of aliphatic hydroxyl groups is 3. The van der Waals surface area contributed by atoms with Crippen LogP contribution < -0.4 is 4.74 Å². The maximum Gasteiger partial charge on any atom is 0.339 e. The lowest BCUT2D eigenvalue weighted by Gasteiger charge is -2.45. The summed E-state index contributed by atoms with van der Waals surface area (Å²) in [6, 6.07) is 18.0. The van der Waals surface area contributed by atoms with Crippen molar-refractivity contribution in [3.63, 3.8) is 0 Å². The Morgan fingerprint density at radius 1 is 0.955 bits per heavy atom. The molecule has 0 radical (unpaired) electrons. The van der Waals surface area contributed by atoms with Gasteiger partial charge in [-0.3, -0.25) is 9.80 Å². The van der Waals surface area contributed by atoms with Crippen molar-refractivity contribution in [3.8, 4) is 17.2 Å². The van der Waals surface area contributed by atoms with Crippen LogP contribution in [0, 0.1) is 0 Å². The zero-order chi connectivity index (χ0) is 31.1. The summed E-state index contributed by atoms with van der Waals surface area (Å²) in [7, 11) is 1.28. The molecular formula is C32H35ClN2O9. The zero-order valence-electron chi connectivity index (χ0n) is 24.0. The standard InChI is InChI=1S/C32H35ClN2O9/c1-42-30-25(37)20(22-23(27(30)39)29-31(44-32(22)41)28(40)26(38)21(16-36)43-29)15-34-11-13-35(14-12-34)24(17-5-3-2-4-6-17)18-7-9-19(33)10-8-18/h2-10,21,24,26,28-29,31,36-40H,11-16H2,1H3/t21-,24-,26-,28+,29-,31-/m1/s1. The number of carbonyl (C=O) groups is 1. The Morgan fingerprint density at radius 3 is 2.25 bits per heavy atom. The van der Waals surface area contributed by atoms with Crippen LogP contribution in [0.2, 0.25) is 5.02 Å². The van der Waals surface area contributed by atoms with Gasteiger partial charge >= 0.3 is 5.97 Å². The van der Waals surface area contributed by atoms with E-state index in [-0.39, 0.29) is 35.0 Å². The van der Waals surface area contributed by atoms with E-state index in [0.717, 1.165) is 11.1 Å². The Labute approximate surface area is 259 Å². The summed E-state index contributed by atoms with van der Waals surface area (Å²) in [5.41, 5.74) is 2.34. The zero-order valence-corrected chi connectivity index (χ0v) is 24.8. The number of hydrogen-bond donors (Lipinski definition) is 5. The number of esters is 1. The van der Waals surface area contributed by atoms with Crippen molar-refractivity contribution < 1.29 is 44.5 Å². The highest BCUT2D eigenvalue weighted by Crippen LogP contribution is 2.52. The first-order valence-corrected chi connectivity index (χ1v) is 14.9. The van der Waals surface area contributed by atoms with Crippen LogP contribution in [0.1, 0.15) is 44.8 Å². The smallest absolute Gasteiger partial charge is 0.339 e. The summed E-state index contributed by atoms with van der Waals surface area (Å²) in [5, 5.41) is 53.7. The van der Waals surface area contributed by atoms with Gasteiger partial charge in [0.25, 0.3) is 0 Å². The summed E-state index contributed by atoms with van der Waals surface area (Å²) in [6.07, 6.45) is -6.83. The summed E-state index contributed by atoms with van der Waals surface area (Å²) in [5.74, 6) is -2.07. The van der Waals surface area contributed by atoms with Crippen LogP contribution in [-0.2, 0) is 16.0 Å². The minimum absolute atomic E-state index is 0.00200. The molecule has 0 bridgehead atoms. The van der Waals surface area contributed by atoms with Crippen LogP contribution in [0.4, 0.5) is 0 Å². The van der Waals surface area contributed by atoms with Gasteiger partial charge in [-0.25, -0.2) is 4.79 Å². The number of benzene rings is 3. The van der Waals surface area contributed by atoms with E-state index in [4.69, 9.17) is 25.8 Å². The molecule has 6 rings (SSSR count). The quantitative estimate of drug-likeness (QED) is 0.246. The molecule has 3 aliphatic heterocycles. The van der Waals surface area contributed by atoms with Crippen molar-refractivity contribution in [2.75, 3.05) is 39.9 Å². The lowest BCUT2D eigenvalue weighted by Crippen LogP contribution is -2.58. The number of ether oxygens (including phenoxy) is 3. The predicted molar refractivity (Wildman–Crippen MR) is 159 cm³/mol. The minimum Gasteiger partial charge on any atom is -0.504 e. The number of piperazine rings is 1. The van der Waals surface area contributed by atoms with E-state index in [9.17, 15) is 30.3 Å². The average Bonchev–Trinajstić information content (AvgIpc) is 3.03. The molecule has 3 aromatic carbocycles. The molecule has 11 nitrogen and oxygen atoms in total. The fourth-order valence-corrected chi connectivity index (χ4v) is 6.69. The molecule has 0 amide bonds. The number of hydrogen-bond acceptors (Lipinski definition) is 11. The number of aliphatic hydroxyl groups excluding tert-OH is 3. The van der Waals surface area contributed by atoms with Crippen molar-refractivity contribution in [2.45, 2.75) is 43.1 Å². The van der Waals surface area contributed by atoms with Crippen LogP contribution in [0.3, 0.4) is 0 Å². The molecule has 234 valence electrons. The molecule has 0 aliphatic carbocycles. The van der Waals surface area contributed by atoms with Crippen LogP contribution in [0.25, 0.3) is 0 Å². The Bertz CT molecular complexity index is 1500. The van der Waals surface area contributed by atoms with E-state index in [1.165, 1.54) is 7.11 Å². The third kappa shape index (κ3) is 5.39. The third-order valence-corrected chi connectivity index (χ3v) is 9.05. The summed E-state index contributed by atoms with van der Waals surface area (Å²) in [4.78, 5) is 17.8. The van der Waals surface area contributed by atoms with Crippen molar-refractivity contribution in [1.29, 1.82) is 0 Å². The van der Waals surface area contributed by atoms with E-state index < -0.39 is 54.6 Å². The molecule has 3 heterocycles. The molecule has 0 spiro atoms. The maximum atomic E-state index is 13.4. The molecule has 3 aliphatic rings. The van der Waals surface area contributed by atoms with Gasteiger partial charge < -0.3 is 39.7 Å². The Kier molecular flexibility index (Phi) is 8.71. The highest BCUT2D eigenvalue weighted by atomic mass is 35.5. The number of fused-ring (bicyclic) bond motifs is 3. The SMILES string of the molecule is COc1c(O)c(CN2CCN([C@H](c3ccccc3)c3ccc(Cl)cc3)CC2)c2c(c1O)[C@H]1O[C@H](CO)[C@@H](O)[C@H](O)[C@H]1OC2=O. The van der Waals surface area contributed by atoms with Gasteiger partial charge in [-0.2, -0.15) is 0 Å². The molecular weight excluding hydrogens is 592 g/mol. The van der Waals surface area contributed by atoms with E-state index in [1.54, 1.807) is 0 Å². The number of aromatic hydroxyl groups is 2. The Hall–Kier alpha value is -3.42. The molecule has 3 aromatic rings. The van der Waals surface area contributed by atoms with Gasteiger partial charge in [0.15, 0.2) is 17.6 Å². The lowest BCUT2D eigenvalue weighted by molar-refractivity contribution is -0.235. The second-order valence-corrected chi connectivity index (χ2v) is 11.7. The van der Waals surface area contributed by atoms with E-state index in [0.29, 0.717) is 31.2 Å². The van der Waals surface area contributed by atoms with Gasteiger partial charge in [0.05, 0.1) is 25.3 Å². The first-order chi connectivity index (χ1) is 21.2. The Morgan fingerprint density at radius 2 is 1.61 bits per heavy atom. The first kappa shape index (κ1) is 30.6. The van der Waals surface area contributed by atoms with E-state index in [2.05, 4.69) is 21.9 Å². The Balaban J connectivity index is 1.29. The highest BCUT2D eigenvalue weighted by Gasteiger charge is 2.53. The van der Waals surface area contributed by atoms with Crippen molar-refractivity contribution in [1.82, 2.24) is 9.80 Å². The fraction of sp³-hybridized carbons (Fsp3) is 0.406. The largest absolute Gasteiger partial charge is 0.504 e. The monoisotopic (exact) mass is 626 g/mol. The minimum atomic E-state index is -1.57. The lowest BCUT2D eigenvalue weighted by atomic mass is 9.84. The number of nitrogens with zero attached hydrogens (tertiary/aromatic N) is 2. The molecule has 2 fully saturated rings. The molecule has 0 saturated carbocycles. The normalized spacial score (nSPS) is 26.4. The summed E-state index contributed by atoms with van der Waals surface area (Å²) < 4.78 is 16.7. The molecule has 12 heteroatoms. The fourth-order valence-electron chi connectivity index (χ4n) is 6.56. The molecule has 2 saturated heterocycles. The average molecular weight is 627 g/mol. The van der Waals surface area contributed by atoms with Gasteiger partial charge in [0, 0.05) is 48.9 Å². The number of phenolic OH excluding ortho intramolecular Hbond substituents is 2. The van der Waals surface area contributed by atoms with Crippen molar-refractivity contribution in [3.05, 3.63) is 87.4 Å². The van der Waals surface area contributed by atoms with Gasteiger partial charge in [-0.1, -0.05) is 54.1 Å². The second kappa shape index (κ2) is 12.5. The maximum absolute atomic E-state index is 13.4. The topological polar surface area (TPSA) is 152 Å². The van der Waals surface area contributed by atoms with Gasteiger partial charge in [-0.05, 0) is 23.3 Å². The number of phenols is 2. The van der Waals surface area contributed by atoms with Gasteiger partial charge in [0.2, 0.25) is 5.75 Å². The molecule has 44 heavy (non-hydrogen) atoms. The van der Waals surface area contributed by atoms with Crippen molar-refractivity contribution in [2.24, 2.45) is 0 Å². The van der Waals surface area contributed by atoms with E-state index >= 15 is 0 Å². The van der Waals surface area contributed by atoms with Crippen molar-refractivity contribution >= 4 is 17.6 Å². The molecule has 6 atom stereocenters. The second-order valence-electron chi connectivity index (χ2n) is 11.3. The van der Waals surface area contributed by atoms with Crippen LogP contribution in [-0.4, -0.2) is 106 Å². The van der Waals surface area contributed by atoms with Crippen LogP contribution in [0.15, 0.2) is 54.6 Å². The number of rotatable bonds is 7. The van der Waals surface area contributed by atoms with Gasteiger partial charge in [-0.15, -0.1) is 0 Å². The molecule has 0 unspecified atom stereocenters. The van der Waals surface area contributed by atoms with E-state index in [1.807, 2.05) is 42.5 Å². The predicted octanol–water partition coefficient (Wildman–Crippen LogP) is 2.36. The first-order valence-electron chi connectivity index (χ1n) is 14.5. The number of methoxy groups -OCH3 is 1. The number of halogens is 1. The molecule has 5 N–H and O–H groups in total. The van der Waals surface area contributed by atoms with Gasteiger partial charge in [0.1, 0.15) is 24.4 Å². The summed E-state index contributed by atoms with van der Waals surface area (Å²) >= 11 is 6.17. The summed E-state index contributed by atoms with van der Waals surface area (Å²) in [6.45, 7) is 2.09. The van der Waals surface area contributed by atoms with Crippen LogP contribution >= 0.6 is 11.6 Å². The van der Waals surface area contributed by atoms with Crippen LogP contribution in [0.5, 0.6) is 17.2 Å². The third-order valence-electron chi connectivity index (χ3n) is 8.80.